The van der Waals surface area contributed by atoms with Gasteiger partial charge < -0.3 is 24.8 Å². The molecule has 0 amide bonds. The number of pyridine rings is 1. The van der Waals surface area contributed by atoms with E-state index in [2.05, 4.69) is 36.5 Å². The first-order valence-corrected chi connectivity index (χ1v) is 12.9. The molecule has 0 saturated heterocycles. The number of amidine groups is 2. The normalized spacial score (nSPS) is 25.9. The van der Waals surface area contributed by atoms with E-state index in [9.17, 15) is 0 Å². The quantitative estimate of drug-likeness (QED) is 0.487. The number of fused-ring (bicyclic) bond motifs is 2. The van der Waals surface area contributed by atoms with Gasteiger partial charge in [0.1, 0.15) is 23.5 Å². The molecule has 2 saturated carbocycles. The molecule has 3 heterocycles. The molecule has 1 radical (unpaired) electrons. The molecule has 0 N–H and O–H groups in total. The van der Waals surface area contributed by atoms with Gasteiger partial charge >= 0.3 is 18.6 Å². The summed E-state index contributed by atoms with van der Waals surface area (Å²) >= 11 is 0. The van der Waals surface area contributed by atoms with Gasteiger partial charge in [0.2, 0.25) is 0 Å². The average Bonchev–Trinajstić information content (AvgIpc) is 3.69. The van der Waals surface area contributed by atoms with Crippen LogP contribution in [0.4, 0.5) is 0 Å². The summed E-state index contributed by atoms with van der Waals surface area (Å²) in [6, 6.07) is 6.02. The van der Waals surface area contributed by atoms with Gasteiger partial charge in [-0.15, -0.1) is 0 Å². The van der Waals surface area contributed by atoms with Crippen LogP contribution < -0.4 is 24.8 Å². The van der Waals surface area contributed by atoms with Gasteiger partial charge in [0.05, 0.1) is 11.4 Å². The third-order valence-corrected chi connectivity index (χ3v) is 8.03. The second-order valence-corrected chi connectivity index (χ2v) is 10.2. The van der Waals surface area contributed by atoms with E-state index in [4.69, 9.17) is 25.0 Å². The fourth-order valence-corrected chi connectivity index (χ4v) is 6.15. The minimum atomic E-state index is 0. The zero-order valence-electron chi connectivity index (χ0n) is 20.6. The van der Waals surface area contributed by atoms with E-state index in [-0.39, 0.29) is 55.5 Å². The average molecular weight is 569 g/mol. The second kappa shape index (κ2) is 11.8. The van der Waals surface area contributed by atoms with Gasteiger partial charge in [-0.25, -0.2) is 15.0 Å². The SMILES string of the molecule is C1=CC2N=C(c3cccc(C4=NC5C=CC(C6CCCC6)=CC5=N4)n3)N=C2C=C1C1CCCC1.[Cl-].[Cl-].[V+2]. The fourth-order valence-electron chi connectivity index (χ4n) is 6.15. The van der Waals surface area contributed by atoms with Crippen molar-refractivity contribution < 1.29 is 43.4 Å². The Hall–Kier alpha value is -2.05. The Balaban J connectivity index is 0.00000107. The number of aliphatic imine (C=N–C) groups is 4. The van der Waals surface area contributed by atoms with Crippen LogP contribution in [0, 0.1) is 11.8 Å². The van der Waals surface area contributed by atoms with Crippen LogP contribution in [0.15, 0.2) is 85.8 Å². The molecule has 5 nitrogen and oxygen atoms in total. The third kappa shape index (κ3) is 5.42. The Morgan fingerprint density at radius 1 is 0.622 bits per heavy atom. The maximum absolute atomic E-state index is 4.88. The van der Waals surface area contributed by atoms with Crippen LogP contribution in [0.1, 0.15) is 62.8 Å². The van der Waals surface area contributed by atoms with E-state index >= 15 is 0 Å². The molecular formula is C29H29Cl2N5V. The summed E-state index contributed by atoms with van der Waals surface area (Å²) in [5, 5.41) is 0. The predicted molar refractivity (Wildman–Crippen MR) is 138 cm³/mol. The zero-order valence-corrected chi connectivity index (χ0v) is 23.5. The smallest absolute Gasteiger partial charge is 1.00 e. The summed E-state index contributed by atoms with van der Waals surface area (Å²) in [7, 11) is 0. The minimum Gasteiger partial charge on any atom is -1.00 e. The fraction of sp³-hybridized carbons (Fsp3) is 0.414. The van der Waals surface area contributed by atoms with Gasteiger partial charge in [-0.3, -0.25) is 9.98 Å². The van der Waals surface area contributed by atoms with Crippen LogP contribution >= 0.6 is 0 Å². The van der Waals surface area contributed by atoms with Gasteiger partial charge in [-0.05, 0) is 73.0 Å². The zero-order chi connectivity index (χ0) is 22.5. The van der Waals surface area contributed by atoms with Crippen molar-refractivity contribution in [1.82, 2.24) is 4.98 Å². The molecule has 7 rings (SSSR count). The van der Waals surface area contributed by atoms with Crippen molar-refractivity contribution in [1.29, 1.82) is 0 Å². The number of nitrogens with zero attached hydrogens (tertiary/aromatic N) is 5. The second-order valence-electron chi connectivity index (χ2n) is 10.2. The molecule has 189 valence electrons. The number of aromatic nitrogens is 1. The van der Waals surface area contributed by atoms with Gasteiger partial charge in [-0.2, -0.15) is 0 Å². The van der Waals surface area contributed by atoms with E-state index in [1.54, 1.807) is 0 Å². The Morgan fingerprint density at radius 3 is 1.49 bits per heavy atom. The molecule has 2 atom stereocenters. The monoisotopic (exact) mass is 568 g/mol. The molecule has 2 unspecified atom stereocenters. The first-order valence-electron chi connectivity index (χ1n) is 12.9. The van der Waals surface area contributed by atoms with Crippen molar-refractivity contribution in [2.75, 3.05) is 0 Å². The Morgan fingerprint density at radius 2 is 1.05 bits per heavy atom. The van der Waals surface area contributed by atoms with Crippen LogP contribution in [0.25, 0.3) is 0 Å². The predicted octanol–water partition coefficient (Wildman–Crippen LogP) is -0.400. The summed E-state index contributed by atoms with van der Waals surface area (Å²) in [5.74, 6) is 2.79. The molecule has 0 spiro atoms. The maximum Gasteiger partial charge on any atom is 2.00 e. The largest absolute Gasteiger partial charge is 2.00 e. The standard InChI is InChI=1S/C29H29N5.2ClH.V/c1-2-7-18(6-1)20-12-14-22-26(16-20)33-28(31-22)24-10-5-11-25(30-24)29-32-23-15-13-21(17-27(23)34-29)19-8-3-4-9-19;;;/h5,10-19,22-23H,1-4,6-9H2;2*1H;/q;;;+2/p-2. The van der Waals surface area contributed by atoms with E-state index in [1.165, 1.54) is 62.5 Å². The van der Waals surface area contributed by atoms with Gasteiger partial charge in [0.15, 0.2) is 11.7 Å². The molecule has 1 aromatic heterocycles. The van der Waals surface area contributed by atoms with Crippen molar-refractivity contribution >= 4 is 23.1 Å². The Bertz CT molecular complexity index is 1200. The van der Waals surface area contributed by atoms with Gasteiger partial charge in [0, 0.05) is 0 Å². The number of rotatable bonds is 4. The van der Waals surface area contributed by atoms with Crippen molar-refractivity contribution in [3.63, 3.8) is 0 Å². The number of halogens is 2. The van der Waals surface area contributed by atoms with Crippen LogP contribution in [0.5, 0.6) is 0 Å². The number of allylic oxidation sites excluding steroid dienone is 4. The molecular weight excluding hydrogens is 540 g/mol. The summed E-state index contributed by atoms with van der Waals surface area (Å²) in [4.78, 5) is 24.3. The van der Waals surface area contributed by atoms with Crippen molar-refractivity contribution in [3.8, 4) is 0 Å². The van der Waals surface area contributed by atoms with E-state index < -0.39 is 0 Å². The van der Waals surface area contributed by atoms with Crippen LogP contribution in [0.3, 0.4) is 0 Å². The van der Waals surface area contributed by atoms with E-state index in [1.807, 2.05) is 18.2 Å². The first-order chi connectivity index (χ1) is 16.8. The van der Waals surface area contributed by atoms with Crippen LogP contribution in [-0.4, -0.2) is 40.2 Å². The Kier molecular flexibility index (Phi) is 8.90. The molecule has 4 aliphatic carbocycles. The van der Waals surface area contributed by atoms with Gasteiger partial charge in [0.25, 0.3) is 0 Å². The van der Waals surface area contributed by atoms with Crippen molar-refractivity contribution in [2.24, 2.45) is 31.8 Å². The van der Waals surface area contributed by atoms with Crippen molar-refractivity contribution in [2.45, 2.75) is 63.5 Å². The first kappa shape index (κ1) is 28.0. The maximum atomic E-state index is 4.88. The molecule has 6 aliphatic rings. The third-order valence-electron chi connectivity index (χ3n) is 8.03. The minimum absolute atomic E-state index is 0. The summed E-state index contributed by atoms with van der Waals surface area (Å²) in [5.41, 5.74) is 6.51. The van der Waals surface area contributed by atoms with Gasteiger partial charge in [-0.1, -0.05) is 56.1 Å². The molecule has 0 aromatic carbocycles. The summed E-state index contributed by atoms with van der Waals surface area (Å²) in [6.07, 6.45) is 24.0. The summed E-state index contributed by atoms with van der Waals surface area (Å²) < 4.78 is 0. The van der Waals surface area contributed by atoms with Crippen molar-refractivity contribution in [3.05, 3.63) is 77.2 Å². The molecule has 0 bridgehead atoms. The molecule has 2 aliphatic heterocycles. The van der Waals surface area contributed by atoms with Crippen LogP contribution in [-0.2, 0) is 18.6 Å². The number of hydrogen-bond donors (Lipinski definition) is 0. The summed E-state index contributed by atoms with van der Waals surface area (Å²) in [6.45, 7) is 0. The van der Waals surface area contributed by atoms with E-state index in [0.717, 1.165) is 22.8 Å². The molecule has 1 aromatic rings. The topological polar surface area (TPSA) is 62.3 Å². The number of hydrogen-bond acceptors (Lipinski definition) is 5. The molecule has 37 heavy (non-hydrogen) atoms. The molecule has 8 heteroatoms. The Labute approximate surface area is 243 Å². The molecule has 2 fully saturated rings. The van der Waals surface area contributed by atoms with Crippen LogP contribution in [0.2, 0.25) is 0 Å². The van der Waals surface area contributed by atoms with E-state index in [0.29, 0.717) is 23.5 Å².